The van der Waals surface area contributed by atoms with Crippen molar-refractivity contribution in [3.8, 4) is 11.4 Å². The van der Waals surface area contributed by atoms with Crippen molar-refractivity contribution in [1.29, 1.82) is 0 Å². The predicted molar refractivity (Wildman–Crippen MR) is 75.3 cm³/mol. The van der Waals surface area contributed by atoms with E-state index >= 15 is 0 Å². The van der Waals surface area contributed by atoms with Gasteiger partial charge in [0.25, 0.3) is 0 Å². The molecule has 0 fully saturated rings. The number of fused-ring (bicyclic) bond motifs is 1. The van der Waals surface area contributed by atoms with E-state index in [2.05, 4.69) is 4.98 Å². The van der Waals surface area contributed by atoms with Crippen molar-refractivity contribution in [3.63, 3.8) is 0 Å². The van der Waals surface area contributed by atoms with Crippen molar-refractivity contribution in [2.75, 3.05) is 5.73 Å². The van der Waals surface area contributed by atoms with Gasteiger partial charge >= 0.3 is 0 Å². The predicted octanol–water partition coefficient (Wildman–Crippen LogP) is 3.27. The van der Waals surface area contributed by atoms with E-state index in [1.807, 2.05) is 36.7 Å². The number of nitrogen functional groups attached to an aromatic ring is 1. The number of rotatable bonds is 1. The quantitative estimate of drug-likeness (QED) is 0.678. The third-order valence-corrected chi connectivity index (χ3v) is 3.29. The largest absolute Gasteiger partial charge is 0.396 e. The van der Waals surface area contributed by atoms with Gasteiger partial charge in [0, 0.05) is 12.6 Å². The van der Waals surface area contributed by atoms with Crippen LogP contribution in [0.5, 0.6) is 0 Å². The van der Waals surface area contributed by atoms with Gasteiger partial charge in [-0.1, -0.05) is 6.07 Å². The summed E-state index contributed by atoms with van der Waals surface area (Å²) in [5.41, 5.74) is 9.46. The van der Waals surface area contributed by atoms with Crippen LogP contribution in [0.1, 0.15) is 5.56 Å². The number of halogens is 1. The zero-order chi connectivity index (χ0) is 13.6. The second kappa shape index (κ2) is 4.09. The first-order chi connectivity index (χ1) is 9.06. The van der Waals surface area contributed by atoms with E-state index in [-0.39, 0.29) is 5.69 Å². The lowest BCUT2D eigenvalue weighted by molar-refractivity contribution is 0.633. The summed E-state index contributed by atoms with van der Waals surface area (Å²) in [4.78, 5) is 4.57. The second-order valence-electron chi connectivity index (χ2n) is 4.72. The molecule has 0 saturated carbocycles. The van der Waals surface area contributed by atoms with Crippen LogP contribution in [0.15, 0.2) is 36.4 Å². The van der Waals surface area contributed by atoms with E-state index in [9.17, 15) is 4.39 Å². The van der Waals surface area contributed by atoms with Crippen LogP contribution in [0.25, 0.3) is 22.4 Å². The smallest absolute Gasteiger partial charge is 0.146 e. The zero-order valence-corrected chi connectivity index (χ0v) is 10.8. The molecule has 96 valence electrons. The third kappa shape index (κ3) is 1.85. The minimum absolute atomic E-state index is 0.151. The molecule has 0 aliphatic rings. The second-order valence-corrected chi connectivity index (χ2v) is 4.72. The number of hydrogen-bond donors (Lipinski definition) is 1. The molecule has 3 aromatic rings. The Morgan fingerprint density at radius 1 is 1.16 bits per heavy atom. The number of aromatic nitrogens is 2. The fourth-order valence-electron chi connectivity index (χ4n) is 2.23. The lowest BCUT2D eigenvalue weighted by Gasteiger charge is -2.04. The minimum atomic E-state index is -0.416. The average Bonchev–Trinajstić information content (AvgIpc) is 2.70. The van der Waals surface area contributed by atoms with Crippen LogP contribution >= 0.6 is 0 Å². The van der Waals surface area contributed by atoms with Crippen LogP contribution in [0, 0.1) is 12.7 Å². The molecule has 0 bridgehead atoms. The number of nitrogens with two attached hydrogens (primary N) is 1. The highest BCUT2D eigenvalue weighted by atomic mass is 19.1. The van der Waals surface area contributed by atoms with Gasteiger partial charge in [-0.25, -0.2) is 9.37 Å². The van der Waals surface area contributed by atoms with Gasteiger partial charge in [0.2, 0.25) is 0 Å². The SMILES string of the molecule is Cc1ccc2c(c1)nc(-c1ccc(N)c(F)c1)n2C. The van der Waals surface area contributed by atoms with Crippen LogP contribution in [0.3, 0.4) is 0 Å². The lowest BCUT2D eigenvalue weighted by Crippen LogP contribution is -1.95. The number of benzene rings is 2. The molecule has 0 aliphatic heterocycles. The molecule has 0 radical (unpaired) electrons. The molecule has 1 heterocycles. The highest BCUT2D eigenvalue weighted by Crippen LogP contribution is 2.26. The van der Waals surface area contributed by atoms with E-state index in [4.69, 9.17) is 5.73 Å². The Morgan fingerprint density at radius 2 is 1.95 bits per heavy atom. The number of hydrogen-bond acceptors (Lipinski definition) is 2. The summed E-state index contributed by atoms with van der Waals surface area (Å²) in [6, 6.07) is 10.9. The van der Waals surface area contributed by atoms with E-state index in [1.54, 1.807) is 12.1 Å². The molecular weight excluding hydrogens is 241 g/mol. The molecule has 0 spiro atoms. The van der Waals surface area contributed by atoms with Gasteiger partial charge in [-0.05, 0) is 42.8 Å². The standard InChI is InChI=1S/C15H14FN3/c1-9-3-6-14-13(7-9)18-15(19(14)2)10-4-5-12(17)11(16)8-10/h3-8H,17H2,1-2H3. The fraction of sp³-hybridized carbons (Fsp3) is 0.133. The zero-order valence-electron chi connectivity index (χ0n) is 10.8. The molecular formula is C15H14FN3. The third-order valence-electron chi connectivity index (χ3n) is 3.29. The first-order valence-corrected chi connectivity index (χ1v) is 6.05. The molecule has 1 aromatic heterocycles. The normalized spacial score (nSPS) is 11.1. The Hall–Kier alpha value is -2.36. The van der Waals surface area contributed by atoms with Crippen LogP contribution in [0.2, 0.25) is 0 Å². The van der Waals surface area contributed by atoms with Gasteiger partial charge < -0.3 is 10.3 Å². The highest BCUT2D eigenvalue weighted by molar-refractivity contribution is 5.81. The first-order valence-electron chi connectivity index (χ1n) is 6.05. The first kappa shape index (κ1) is 11.7. The van der Waals surface area contributed by atoms with Gasteiger partial charge in [0.05, 0.1) is 16.7 Å². The summed E-state index contributed by atoms with van der Waals surface area (Å²) in [7, 11) is 1.92. The molecule has 2 aromatic carbocycles. The molecule has 0 unspecified atom stereocenters. The average molecular weight is 255 g/mol. The monoisotopic (exact) mass is 255 g/mol. The summed E-state index contributed by atoms with van der Waals surface area (Å²) in [5.74, 6) is 0.320. The molecule has 0 saturated heterocycles. The Kier molecular flexibility index (Phi) is 2.52. The van der Waals surface area contributed by atoms with Crippen molar-refractivity contribution >= 4 is 16.7 Å². The summed E-state index contributed by atoms with van der Waals surface area (Å²) >= 11 is 0. The molecule has 2 N–H and O–H groups in total. The van der Waals surface area contributed by atoms with Crippen molar-refractivity contribution in [3.05, 3.63) is 47.8 Å². The highest BCUT2D eigenvalue weighted by Gasteiger charge is 2.11. The molecule has 4 heteroatoms. The van der Waals surface area contributed by atoms with Gasteiger partial charge in [-0.15, -0.1) is 0 Å². The molecule has 3 nitrogen and oxygen atoms in total. The van der Waals surface area contributed by atoms with Gasteiger partial charge in [-0.3, -0.25) is 0 Å². The van der Waals surface area contributed by atoms with Gasteiger partial charge in [-0.2, -0.15) is 0 Å². The maximum absolute atomic E-state index is 13.6. The van der Waals surface area contributed by atoms with Crippen LogP contribution in [-0.4, -0.2) is 9.55 Å². The van der Waals surface area contributed by atoms with E-state index in [0.717, 1.165) is 28.0 Å². The topological polar surface area (TPSA) is 43.8 Å². The van der Waals surface area contributed by atoms with Crippen molar-refractivity contribution in [2.45, 2.75) is 6.92 Å². The minimum Gasteiger partial charge on any atom is -0.396 e. The number of anilines is 1. The Morgan fingerprint density at radius 3 is 2.68 bits per heavy atom. The van der Waals surface area contributed by atoms with Gasteiger partial charge in [0.1, 0.15) is 11.6 Å². The van der Waals surface area contributed by atoms with Crippen molar-refractivity contribution in [2.24, 2.45) is 7.05 Å². The maximum Gasteiger partial charge on any atom is 0.146 e. The van der Waals surface area contributed by atoms with E-state index in [1.165, 1.54) is 6.07 Å². The molecule has 0 aliphatic carbocycles. The number of aryl methyl sites for hydroxylation is 2. The van der Waals surface area contributed by atoms with Crippen molar-refractivity contribution in [1.82, 2.24) is 9.55 Å². The fourth-order valence-corrected chi connectivity index (χ4v) is 2.23. The number of imidazole rings is 1. The van der Waals surface area contributed by atoms with Crippen LogP contribution in [0.4, 0.5) is 10.1 Å². The van der Waals surface area contributed by atoms with E-state index < -0.39 is 5.82 Å². The van der Waals surface area contributed by atoms with Gasteiger partial charge in [0.15, 0.2) is 0 Å². The molecule has 19 heavy (non-hydrogen) atoms. The molecule has 3 rings (SSSR count). The summed E-state index contributed by atoms with van der Waals surface area (Å²) in [6.45, 7) is 2.02. The maximum atomic E-state index is 13.6. The van der Waals surface area contributed by atoms with Crippen molar-refractivity contribution < 1.29 is 4.39 Å². The molecule has 0 amide bonds. The summed E-state index contributed by atoms with van der Waals surface area (Å²) in [6.07, 6.45) is 0. The Bertz CT molecular complexity index is 774. The number of nitrogens with zero attached hydrogens (tertiary/aromatic N) is 2. The summed E-state index contributed by atoms with van der Waals surface area (Å²) < 4.78 is 15.5. The van der Waals surface area contributed by atoms with Crippen LogP contribution in [-0.2, 0) is 7.05 Å². The Labute approximate surface area is 110 Å². The van der Waals surface area contributed by atoms with E-state index in [0.29, 0.717) is 0 Å². The molecule has 0 atom stereocenters. The summed E-state index contributed by atoms with van der Waals surface area (Å²) in [5, 5.41) is 0. The van der Waals surface area contributed by atoms with Crippen LogP contribution < -0.4 is 5.73 Å². The Balaban J connectivity index is 2.24. The lowest BCUT2D eigenvalue weighted by atomic mass is 10.2.